The summed E-state index contributed by atoms with van der Waals surface area (Å²) in [4.78, 5) is 0. The topological polar surface area (TPSA) is 9.23 Å². The third-order valence-corrected chi connectivity index (χ3v) is 2.29. The molecule has 11 heavy (non-hydrogen) atoms. The van der Waals surface area contributed by atoms with Gasteiger partial charge in [-0.25, -0.2) is 0 Å². The molecule has 1 aliphatic rings. The van der Waals surface area contributed by atoms with E-state index in [0.717, 1.165) is 12.8 Å². The van der Waals surface area contributed by atoms with Gasteiger partial charge in [0.15, 0.2) is 0 Å². The van der Waals surface area contributed by atoms with Crippen LogP contribution >= 0.6 is 0 Å². The van der Waals surface area contributed by atoms with E-state index >= 15 is 0 Å². The van der Waals surface area contributed by atoms with Gasteiger partial charge in [0, 0.05) is 0 Å². The van der Waals surface area contributed by atoms with E-state index in [1.165, 1.54) is 6.42 Å². The Kier molecular flexibility index (Phi) is 2.50. The van der Waals surface area contributed by atoms with Crippen LogP contribution in [0.1, 0.15) is 26.2 Å². The van der Waals surface area contributed by atoms with Gasteiger partial charge in [0.25, 0.3) is 0 Å². The fraction of sp³-hybridized carbons (Fsp3) is 0.600. The zero-order valence-electron chi connectivity index (χ0n) is 7.18. The Hall–Kier alpha value is -0.560. The number of hydrogen-bond donors (Lipinski definition) is 0. The van der Waals surface area contributed by atoms with Gasteiger partial charge < -0.3 is 4.74 Å². The lowest BCUT2D eigenvalue weighted by Gasteiger charge is -2.35. The van der Waals surface area contributed by atoms with Gasteiger partial charge in [-0.3, -0.25) is 0 Å². The summed E-state index contributed by atoms with van der Waals surface area (Å²) in [5.74, 6) is 0. The van der Waals surface area contributed by atoms with Crippen molar-refractivity contribution in [3.8, 4) is 0 Å². The smallest absolute Gasteiger partial charge is 0.104 e. The van der Waals surface area contributed by atoms with Crippen LogP contribution in [0.25, 0.3) is 0 Å². The second-order valence-electron chi connectivity index (χ2n) is 3.18. The van der Waals surface area contributed by atoms with E-state index in [0.29, 0.717) is 6.10 Å². The van der Waals surface area contributed by atoms with Crippen LogP contribution in [0.2, 0.25) is 0 Å². The molecule has 0 N–H and O–H groups in total. The molecule has 0 aromatic carbocycles. The van der Waals surface area contributed by atoms with Gasteiger partial charge in [0.2, 0.25) is 0 Å². The Morgan fingerprint density at radius 3 is 2.45 bits per heavy atom. The van der Waals surface area contributed by atoms with Gasteiger partial charge in [-0.05, 0) is 26.2 Å². The summed E-state index contributed by atoms with van der Waals surface area (Å²) in [5.41, 5.74) is -0.238. The van der Waals surface area contributed by atoms with Crippen molar-refractivity contribution in [3.05, 3.63) is 25.3 Å². The lowest BCUT2D eigenvalue weighted by molar-refractivity contribution is -0.0613. The lowest BCUT2D eigenvalue weighted by atomic mass is 9.92. The van der Waals surface area contributed by atoms with Crippen molar-refractivity contribution in [2.75, 3.05) is 0 Å². The Morgan fingerprint density at radius 2 is 2.09 bits per heavy atom. The molecular formula is C10H16O. The first-order valence-electron chi connectivity index (χ1n) is 4.17. The van der Waals surface area contributed by atoms with E-state index in [1.807, 2.05) is 12.2 Å². The van der Waals surface area contributed by atoms with Crippen LogP contribution in [0.3, 0.4) is 0 Å². The van der Waals surface area contributed by atoms with Crippen molar-refractivity contribution in [1.29, 1.82) is 0 Å². The summed E-state index contributed by atoms with van der Waals surface area (Å²) in [6.07, 6.45) is 7.46. The Morgan fingerprint density at radius 1 is 1.45 bits per heavy atom. The summed E-state index contributed by atoms with van der Waals surface area (Å²) >= 11 is 0. The van der Waals surface area contributed by atoms with Crippen LogP contribution < -0.4 is 0 Å². The molecule has 0 bridgehead atoms. The molecular weight excluding hydrogens is 136 g/mol. The highest BCUT2D eigenvalue weighted by Gasteiger charge is 2.29. The van der Waals surface area contributed by atoms with E-state index in [1.54, 1.807) is 0 Å². The van der Waals surface area contributed by atoms with E-state index in [-0.39, 0.29) is 5.60 Å². The van der Waals surface area contributed by atoms with Crippen molar-refractivity contribution in [2.24, 2.45) is 0 Å². The predicted molar refractivity (Wildman–Crippen MR) is 47.5 cm³/mol. The molecule has 0 saturated carbocycles. The highest BCUT2D eigenvalue weighted by Crippen LogP contribution is 2.30. The zero-order valence-corrected chi connectivity index (χ0v) is 7.18. The van der Waals surface area contributed by atoms with Crippen molar-refractivity contribution >= 4 is 0 Å². The number of rotatable bonds is 2. The molecule has 0 radical (unpaired) electrons. The molecule has 0 amide bonds. The maximum absolute atomic E-state index is 5.74. The summed E-state index contributed by atoms with van der Waals surface area (Å²) < 4.78 is 5.74. The first-order valence-corrected chi connectivity index (χ1v) is 4.17. The minimum absolute atomic E-state index is 0.238. The molecule has 1 heteroatoms. The van der Waals surface area contributed by atoms with Crippen LogP contribution in [0.5, 0.6) is 0 Å². The van der Waals surface area contributed by atoms with E-state index < -0.39 is 0 Å². The molecule has 62 valence electrons. The quantitative estimate of drug-likeness (QED) is 0.553. The Bertz CT molecular complexity index is 152. The first kappa shape index (κ1) is 8.54. The fourth-order valence-corrected chi connectivity index (χ4v) is 1.54. The Labute approximate surface area is 68.8 Å². The van der Waals surface area contributed by atoms with Crippen LogP contribution in [0, 0.1) is 0 Å². The zero-order chi connectivity index (χ0) is 8.32. The van der Waals surface area contributed by atoms with Crippen molar-refractivity contribution in [1.82, 2.24) is 0 Å². The van der Waals surface area contributed by atoms with Crippen LogP contribution in [0.4, 0.5) is 0 Å². The molecule has 0 aromatic heterocycles. The molecule has 1 rings (SSSR count). The van der Waals surface area contributed by atoms with Gasteiger partial charge in [-0.1, -0.05) is 25.3 Å². The van der Waals surface area contributed by atoms with Gasteiger partial charge >= 0.3 is 0 Å². The summed E-state index contributed by atoms with van der Waals surface area (Å²) in [7, 11) is 0. The van der Waals surface area contributed by atoms with Crippen molar-refractivity contribution in [2.45, 2.75) is 37.9 Å². The normalized spacial score (nSPS) is 29.4. The highest BCUT2D eigenvalue weighted by molar-refractivity contribution is 5.11. The highest BCUT2D eigenvalue weighted by atomic mass is 16.5. The maximum Gasteiger partial charge on any atom is 0.104 e. The van der Waals surface area contributed by atoms with Gasteiger partial charge in [0.1, 0.15) is 5.60 Å². The van der Waals surface area contributed by atoms with Crippen molar-refractivity contribution < 1.29 is 4.74 Å². The lowest BCUT2D eigenvalue weighted by Crippen LogP contribution is -2.35. The third-order valence-electron chi connectivity index (χ3n) is 2.29. The van der Waals surface area contributed by atoms with Gasteiger partial charge in [0.05, 0.1) is 6.10 Å². The molecule has 1 saturated heterocycles. The monoisotopic (exact) mass is 152 g/mol. The third kappa shape index (κ3) is 1.72. The molecule has 1 unspecified atom stereocenters. The average Bonchev–Trinajstić information content (AvgIpc) is 2.04. The maximum atomic E-state index is 5.74. The minimum atomic E-state index is -0.238. The largest absolute Gasteiger partial charge is 0.364 e. The predicted octanol–water partition coefficient (Wildman–Crippen LogP) is 2.69. The molecule has 0 aliphatic carbocycles. The molecule has 1 aliphatic heterocycles. The fourth-order valence-electron chi connectivity index (χ4n) is 1.54. The molecule has 1 heterocycles. The van der Waals surface area contributed by atoms with Crippen LogP contribution in [-0.4, -0.2) is 11.7 Å². The van der Waals surface area contributed by atoms with E-state index in [2.05, 4.69) is 20.1 Å². The van der Waals surface area contributed by atoms with Crippen LogP contribution in [0.15, 0.2) is 25.3 Å². The number of hydrogen-bond acceptors (Lipinski definition) is 1. The van der Waals surface area contributed by atoms with Gasteiger partial charge in [-0.15, -0.1) is 0 Å². The first-order chi connectivity index (χ1) is 5.22. The van der Waals surface area contributed by atoms with Crippen molar-refractivity contribution in [3.63, 3.8) is 0 Å². The number of ether oxygens (including phenoxy) is 1. The second-order valence-corrected chi connectivity index (χ2v) is 3.18. The summed E-state index contributed by atoms with van der Waals surface area (Å²) in [5, 5.41) is 0. The van der Waals surface area contributed by atoms with E-state index in [9.17, 15) is 0 Å². The summed E-state index contributed by atoms with van der Waals surface area (Å²) in [6, 6.07) is 0. The van der Waals surface area contributed by atoms with Gasteiger partial charge in [-0.2, -0.15) is 0 Å². The molecule has 1 nitrogen and oxygen atoms in total. The second kappa shape index (κ2) is 3.22. The van der Waals surface area contributed by atoms with E-state index in [4.69, 9.17) is 4.74 Å². The molecule has 1 fully saturated rings. The minimum Gasteiger partial charge on any atom is -0.364 e. The molecule has 0 spiro atoms. The SMILES string of the molecule is C=CC1(C=C)CCCC(C)O1. The molecule has 1 atom stereocenters. The molecule has 0 aromatic rings. The standard InChI is InChI=1S/C10H16O/c1-4-10(5-2)8-6-7-9(3)11-10/h4-5,9H,1-2,6-8H2,3H3. The Balaban J connectivity index is 2.67. The van der Waals surface area contributed by atoms with Crippen LogP contribution in [-0.2, 0) is 4.74 Å². The summed E-state index contributed by atoms with van der Waals surface area (Å²) in [6.45, 7) is 9.63. The average molecular weight is 152 g/mol.